The van der Waals surface area contributed by atoms with E-state index in [-0.39, 0.29) is 5.88 Å². The molecule has 1 amide bonds. The average Bonchev–Trinajstić information content (AvgIpc) is 3.24. The third-order valence-electron chi connectivity index (χ3n) is 7.63. The lowest BCUT2D eigenvalue weighted by Crippen LogP contribution is -2.35. The molecular formula is C28H34N4O4. The van der Waals surface area contributed by atoms with Gasteiger partial charge in [-0.3, -0.25) is 14.3 Å². The van der Waals surface area contributed by atoms with Crippen molar-refractivity contribution in [1.29, 1.82) is 0 Å². The normalized spacial score (nSPS) is 23.4. The fraction of sp³-hybridized carbons (Fsp3) is 0.464. The van der Waals surface area contributed by atoms with E-state index in [2.05, 4.69) is 35.9 Å². The Balaban J connectivity index is 1.45. The Morgan fingerprint density at radius 2 is 1.83 bits per heavy atom. The lowest BCUT2D eigenvalue weighted by molar-refractivity contribution is 0.0994. The van der Waals surface area contributed by atoms with Crippen molar-refractivity contribution in [1.82, 2.24) is 9.47 Å². The Bertz CT molecular complexity index is 1340. The highest BCUT2D eigenvalue weighted by Crippen LogP contribution is 2.53. The molecule has 1 aliphatic carbocycles. The minimum Gasteiger partial charge on any atom is -0.493 e. The van der Waals surface area contributed by atoms with E-state index in [4.69, 9.17) is 9.47 Å². The van der Waals surface area contributed by atoms with Crippen molar-refractivity contribution >= 4 is 22.5 Å². The lowest BCUT2D eigenvalue weighted by atomic mass is 9.65. The van der Waals surface area contributed by atoms with E-state index >= 15 is 0 Å². The van der Waals surface area contributed by atoms with Gasteiger partial charge in [0.1, 0.15) is 0 Å². The van der Waals surface area contributed by atoms with Crippen LogP contribution in [0.2, 0.25) is 0 Å². The summed E-state index contributed by atoms with van der Waals surface area (Å²) in [5.74, 6) is 0.447. The van der Waals surface area contributed by atoms with Crippen LogP contribution in [-0.4, -0.2) is 47.3 Å². The average molecular weight is 491 g/mol. The first-order chi connectivity index (χ1) is 17.1. The predicted octanol–water partition coefficient (Wildman–Crippen LogP) is 6.15. The third-order valence-corrected chi connectivity index (χ3v) is 7.63. The Hall–Kier alpha value is -3.39. The molecule has 1 saturated heterocycles. The summed E-state index contributed by atoms with van der Waals surface area (Å²) in [6.07, 6.45) is 3.54. The van der Waals surface area contributed by atoms with Crippen molar-refractivity contribution in [2.75, 3.05) is 20.8 Å². The molecule has 2 aliphatic rings. The second-order valence-corrected chi connectivity index (χ2v) is 11.3. The molecular weight excluding hydrogens is 456 g/mol. The van der Waals surface area contributed by atoms with Gasteiger partial charge < -0.3 is 14.6 Å². The monoisotopic (exact) mass is 490 g/mol. The van der Waals surface area contributed by atoms with Gasteiger partial charge in [0, 0.05) is 23.5 Å². The highest BCUT2D eigenvalue weighted by Gasteiger charge is 2.49. The summed E-state index contributed by atoms with van der Waals surface area (Å²) in [5.41, 5.74) is 2.09. The summed E-state index contributed by atoms with van der Waals surface area (Å²) in [7, 11) is 3.05. The zero-order valence-corrected chi connectivity index (χ0v) is 21.6. The minimum absolute atomic E-state index is 0.0194. The number of likely N-dealkylation sites (tertiary alicyclic amines) is 1. The summed E-state index contributed by atoms with van der Waals surface area (Å²) in [4.78, 5) is 15.3. The maximum atomic E-state index is 12.8. The summed E-state index contributed by atoms with van der Waals surface area (Å²) >= 11 is 0. The molecule has 0 spiro atoms. The molecule has 8 heteroatoms. The van der Waals surface area contributed by atoms with Crippen LogP contribution in [0.15, 0.2) is 52.7 Å². The van der Waals surface area contributed by atoms with E-state index in [0.29, 0.717) is 46.3 Å². The van der Waals surface area contributed by atoms with Crippen LogP contribution in [0.1, 0.15) is 50.4 Å². The number of azo groups is 1. The Kier molecular flexibility index (Phi) is 6.03. The molecule has 0 unspecified atom stereocenters. The van der Waals surface area contributed by atoms with Gasteiger partial charge in [0.15, 0.2) is 17.2 Å². The molecule has 1 aromatic heterocycles. The molecule has 1 N–H and O–H groups in total. The number of hydrogen-bond donors (Lipinski definition) is 1. The third kappa shape index (κ3) is 4.34. The zero-order valence-electron chi connectivity index (χ0n) is 21.6. The van der Waals surface area contributed by atoms with E-state index in [1.807, 2.05) is 28.8 Å². The quantitative estimate of drug-likeness (QED) is 0.419. The van der Waals surface area contributed by atoms with Gasteiger partial charge >= 0.3 is 0 Å². The number of ether oxygens (including phenoxy) is 2. The molecule has 2 fully saturated rings. The zero-order chi connectivity index (χ0) is 25.7. The van der Waals surface area contributed by atoms with Crippen molar-refractivity contribution < 1.29 is 19.4 Å². The van der Waals surface area contributed by atoms with Crippen molar-refractivity contribution in [2.45, 2.75) is 52.7 Å². The largest absolute Gasteiger partial charge is 0.493 e. The van der Waals surface area contributed by atoms with Crippen LogP contribution in [-0.2, 0) is 6.67 Å². The SMILES string of the molecule is COc1ccc(C(=O)N=Nc2c(O)n(CN3C[C@@]4(C)C[C@H]3CC(C)(C)C4)c3ccccc23)cc1OC. The van der Waals surface area contributed by atoms with Gasteiger partial charge in [0.05, 0.1) is 26.4 Å². The number of aromatic hydroxyl groups is 1. The van der Waals surface area contributed by atoms with Gasteiger partial charge in [0.25, 0.3) is 5.91 Å². The molecule has 1 saturated carbocycles. The molecule has 1 aliphatic heterocycles. The van der Waals surface area contributed by atoms with Crippen LogP contribution in [0.4, 0.5) is 5.69 Å². The van der Waals surface area contributed by atoms with Gasteiger partial charge in [0.2, 0.25) is 5.88 Å². The molecule has 2 aromatic carbocycles. The molecule has 2 heterocycles. The number of nitrogens with zero attached hydrogens (tertiary/aromatic N) is 4. The number of aromatic nitrogens is 1. The van der Waals surface area contributed by atoms with Crippen molar-refractivity contribution in [2.24, 2.45) is 21.1 Å². The maximum absolute atomic E-state index is 12.8. The number of methoxy groups -OCH3 is 2. The van der Waals surface area contributed by atoms with Gasteiger partial charge in [-0.1, -0.05) is 39.0 Å². The summed E-state index contributed by atoms with van der Waals surface area (Å²) < 4.78 is 12.4. The lowest BCUT2D eigenvalue weighted by Gasteiger charge is -2.40. The van der Waals surface area contributed by atoms with Crippen LogP contribution in [0.5, 0.6) is 17.4 Å². The predicted molar refractivity (Wildman–Crippen MR) is 138 cm³/mol. The first kappa shape index (κ1) is 24.3. The number of carbonyl (C=O) groups is 1. The number of benzene rings is 2. The number of carbonyl (C=O) groups excluding carboxylic acids is 1. The second-order valence-electron chi connectivity index (χ2n) is 11.3. The standard InChI is InChI=1S/C28H34N4O4/c1-27(2)13-19-14-28(3,15-27)16-31(19)17-32-21-9-7-6-8-20(21)24(26(32)34)29-30-25(33)18-10-11-22(35-4)23(12-18)36-5/h6-12,19,34H,13-17H2,1-5H3/t19-,28+/m1/s1. The minimum atomic E-state index is -0.532. The Morgan fingerprint density at radius 3 is 2.58 bits per heavy atom. The second kappa shape index (κ2) is 8.92. The summed E-state index contributed by atoms with van der Waals surface area (Å²) in [6.45, 7) is 8.67. The van der Waals surface area contributed by atoms with Gasteiger partial charge in [-0.25, -0.2) is 0 Å². The summed E-state index contributed by atoms with van der Waals surface area (Å²) in [5, 5.41) is 20.2. The number of hydrogen-bond acceptors (Lipinski definition) is 6. The molecule has 36 heavy (non-hydrogen) atoms. The smallest absolute Gasteiger partial charge is 0.295 e. The first-order valence-electron chi connectivity index (χ1n) is 12.4. The topological polar surface area (TPSA) is 88.7 Å². The molecule has 190 valence electrons. The molecule has 5 rings (SSSR count). The van der Waals surface area contributed by atoms with Crippen molar-refractivity contribution in [3.8, 4) is 17.4 Å². The molecule has 2 bridgehead atoms. The number of para-hydroxylation sites is 1. The first-order valence-corrected chi connectivity index (χ1v) is 12.4. The fourth-order valence-electron chi connectivity index (χ4n) is 6.56. The van der Waals surface area contributed by atoms with E-state index in [0.717, 1.165) is 23.9 Å². The van der Waals surface area contributed by atoms with Crippen LogP contribution in [0, 0.1) is 10.8 Å². The van der Waals surface area contributed by atoms with Crippen LogP contribution < -0.4 is 9.47 Å². The van der Waals surface area contributed by atoms with Crippen molar-refractivity contribution in [3.05, 3.63) is 48.0 Å². The fourth-order valence-corrected chi connectivity index (χ4v) is 6.56. The van der Waals surface area contributed by atoms with E-state index in [1.165, 1.54) is 27.1 Å². The van der Waals surface area contributed by atoms with E-state index in [1.54, 1.807) is 18.2 Å². The van der Waals surface area contributed by atoms with E-state index in [9.17, 15) is 9.90 Å². The Morgan fingerprint density at radius 1 is 1.08 bits per heavy atom. The van der Waals surface area contributed by atoms with Gasteiger partial charge in [-0.2, -0.15) is 0 Å². The maximum Gasteiger partial charge on any atom is 0.295 e. The van der Waals surface area contributed by atoms with Gasteiger partial charge in [-0.05, 0) is 54.4 Å². The van der Waals surface area contributed by atoms with Crippen molar-refractivity contribution in [3.63, 3.8) is 0 Å². The highest BCUT2D eigenvalue weighted by molar-refractivity contribution is 5.97. The molecule has 8 nitrogen and oxygen atoms in total. The summed E-state index contributed by atoms with van der Waals surface area (Å²) in [6, 6.07) is 13.0. The molecule has 0 radical (unpaired) electrons. The Labute approximate surface area is 211 Å². The highest BCUT2D eigenvalue weighted by atomic mass is 16.5. The van der Waals surface area contributed by atoms with Gasteiger partial charge in [-0.15, -0.1) is 10.2 Å². The van der Waals surface area contributed by atoms with Crippen LogP contribution >= 0.6 is 0 Å². The number of amides is 1. The van der Waals surface area contributed by atoms with Crippen LogP contribution in [0.3, 0.4) is 0 Å². The van der Waals surface area contributed by atoms with Crippen LogP contribution in [0.25, 0.3) is 10.9 Å². The molecule has 3 aromatic rings. The molecule has 2 atom stereocenters. The number of rotatable bonds is 6. The van der Waals surface area contributed by atoms with E-state index < -0.39 is 5.91 Å². The number of fused-ring (bicyclic) bond motifs is 3.